The lowest BCUT2D eigenvalue weighted by Crippen LogP contribution is -2.30. The number of carboxylic acid groups (broad SMARTS) is 1. The fourth-order valence-corrected chi connectivity index (χ4v) is 3.11. The van der Waals surface area contributed by atoms with E-state index < -0.39 is 11.5 Å². The van der Waals surface area contributed by atoms with Crippen molar-refractivity contribution in [3.8, 4) is 22.4 Å². The first-order valence-corrected chi connectivity index (χ1v) is 8.97. The minimum atomic E-state index is -0.941. The first-order chi connectivity index (χ1) is 13.5. The Balaban J connectivity index is 2.27. The number of hydrogen-bond acceptors (Lipinski definition) is 4. The molecular weight excluding hydrogens is 356 g/mol. The van der Waals surface area contributed by atoms with E-state index >= 15 is 0 Å². The number of aromatic nitrogens is 2. The Morgan fingerprint density at radius 1 is 0.964 bits per heavy atom. The van der Waals surface area contributed by atoms with Crippen LogP contribution in [0.1, 0.15) is 30.1 Å². The highest BCUT2D eigenvalue weighted by Gasteiger charge is 2.22. The highest BCUT2D eigenvalue weighted by molar-refractivity contribution is 6.03. The minimum absolute atomic E-state index is 0.0652. The normalized spacial score (nSPS) is 10.6. The van der Waals surface area contributed by atoms with Crippen molar-refractivity contribution < 1.29 is 14.7 Å². The predicted molar refractivity (Wildman–Crippen MR) is 106 cm³/mol. The van der Waals surface area contributed by atoms with Crippen LogP contribution in [0.5, 0.6) is 0 Å². The van der Waals surface area contributed by atoms with E-state index in [1.54, 1.807) is 0 Å². The van der Waals surface area contributed by atoms with E-state index in [1.807, 2.05) is 60.7 Å². The molecule has 1 aromatic heterocycles. The SMILES string of the molecule is CC(=O)c1c(-c2ccccc2)c(-c2ccccc2)nn(CCCC(=O)O)c1=O. The largest absolute Gasteiger partial charge is 0.481 e. The third-order valence-electron chi connectivity index (χ3n) is 4.38. The van der Waals surface area contributed by atoms with Crippen LogP contribution in [0, 0.1) is 0 Å². The summed E-state index contributed by atoms with van der Waals surface area (Å²) < 4.78 is 1.20. The topological polar surface area (TPSA) is 89.3 Å². The van der Waals surface area contributed by atoms with Crippen molar-refractivity contribution in [3.63, 3.8) is 0 Å². The van der Waals surface area contributed by atoms with E-state index in [2.05, 4.69) is 5.10 Å². The molecule has 0 saturated carbocycles. The molecule has 0 aliphatic rings. The molecule has 1 N–H and O–H groups in total. The standard InChI is InChI=1S/C22H20N2O4/c1-15(25)19-20(16-9-4-2-5-10-16)21(17-11-6-3-7-12-17)23-24(22(19)28)14-8-13-18(26)27/h2-7,9-12H,8,13-14H2,1H3,(H,26,27). The first-order valence-electron chi connectivity index (χ1n) is 8.97. The molecule has 0 atom stereocenters. The molecule has 2 aromatic carbocycles. The van der Waals surface area contributed by atoms with Crippen LogP contribution in [0.3, 0.4) is 0 Å². The maximum Gasteiger partial charge on any atom is 0.303 e. The van der Waals surface area contributed by atoms with Gasteiger partial charge in [0.15, 0.2) is 5.78 Å². The average molecular weight is 376 g/mol. The summed E-state index contributed by atoms with van der Waals surface area (Å²) >= 11 is 0. The van der Waals surface area contributed by atoms with E-state index in [-0.39, 0.29) is 30.7 Å². The van der Waals surface area contributed by atoms with Crippen LogP contribution >= 0.6 is 0 Å². The quantitative estimate of drug-likeness (QED) is 0.636. The van der Waals surface area contributed by atoms with Gasteiger partial charge in [0.05, 0.1) is 11.3 Å². The van der Waals surface area contributed by atoms with E-state index in [0.717, 1.165) is 11.1 Å². The minimum Gasteiger partial charge on any atom is -0.481 e. The molecule has 0 aliphatic carbocycles. The summed E-state index contributed by atoms with van der Waals surface area (Å²) in [5, 5.41) is 13.4. The summed E-state index contributed by atoms with van der Waals surface area (Å²) in [4.78, 5) is 36.3. The molecule has 28 heavy (non-hydrogen) atoms. The summed E-state index contributed by atoms with van der Waals surface area (Å²) in [6.07, 6.45) is 0.170. The van der Waals surface area contributed by atoms with Gasteiger partial charge in [-0.15, -0.1) is 0 Å². The maximum absolute atomic E-state index is 13.0. The van der Waals surface area contributed by atoms with E-state index in [1.165, 1.54) is 11.6 Å². The fraction of sp³-hybridized carbons (Fsp3) is 0.182. The maximum atomic E-state index is 13.0. The number of hydrogen-bond donors (Lipinski definition) is 1. The third-order valence-corrected chi connectivity index (χ3v) is 4.38. The van der Waals surface area contributed by atoms with Crippen LogP contribution in [0.25, 0.3) is 22.4 Å². The molecule has 0 bridgehead atoms. The van der Waals surface area contributed by atoms with Gasteiger partial charge in [-0.1, -0.05) is 60.7 Å². The van der Waals surface area contributed by atoms with Gasteiger partial charge in [-0.3, -0.25) is 14.4 Å². The number of aryl methyl sites for hydroxylation is 1. The van der Waals surface area contributed by atoms with E-state index in [9.17, 15) is 14.4 Å². The first kappa shape index (κ1) is 19.2. The zero-order valence-electron chi connectivity index (χ0n) is 15.5. The number of benzene rings is 2. The van der Waals surface area contributed by atoms with Gasteiger partial charge in [0.25, 0.3) is 5.56 Å². The molecule has 0 aliphatic heterocycles. The summed E-state index contributed by atoms with van der Waals surface area (Å²) in [5.74, 6) is -1.29. The lowest BCUT2D eigenvalue weighted by molar-refractivity contribution is -0.137. The van der Waals surface area contributed by atoms with Crippen LogP contribution in [0.2, 0.25) is 0 Å². The Labute approximate surface area is 162 Å². The van der Waals surface area contributed by atoms with Crippen LogP contribution in [0.15, 0.2) is 65.5 Å². The number of Topliss-reactive ketones (excluding diaryl/α,β-unsaturated/α-hetero) is 1. The van der Waals surface area contributed by atoms with Gasteiger partial charge in [0.1, 0.15) is 0 Å². The molecule has 6 heteroatoms. The molecule has 0 fully saturated rings. The van der Waals surface area contributed by atoms with Gasteiger partial charge in [-0.05, 0) is 18.9 Å². The number of carbonyl (C=O) groups excluding carboxylic acids is 1. The summed E-state index contributed by atoms with van der Waals surface area (Å²) in [5.41, 5.74) is 2.09. The van der Waals surface area contributed by atoms with Crippen LogP contribution in [0.4, 0.5) is 0 Å². The lowest BCUT2D eigenvalue weighted by atomic mass is 9.94. The van der Waals surface area contributed by atoms with Crippen molar-refractivity contribution in [1.82, 2.24) is 9.78 Å². The van der Waals surface area contributed by atoms with Gasteiger partial charge in [-0.2, -0.15) is 5.10 Å². The highest BCUT2D eigenvalue weighted by atomic mass is 16.4. The zero-order valence-corrected chi connectivity index (χ0v) is 15.5. The van der Waals surface area contributed by atoms with Crippen molar-refractivity contribution in [2.45, 2.75) is 26.3 Å². The smallest absolute Gasteiger partial charge is 0.303 e. The van der Waals surface area contributed by atoms with E-state index in [0.29, 0.717) is 11.3 Å². The number of ketones is 1. The van der Waals surface area contributed by atoms with Crippen molar-refractivity contribution in [3.05, 3.63) is 76.6 Å². The van der Waals surface area contributed by atoms with Crippen molar-refractivity contribution >= 4 is 11.8 Å². The molecule has 6 nitrogen and oxygen atoms in total. The lowest BCUT2D eigenvalue weighted by Gasteiger charge is -2.16. The third kappa shape index (κ3) is 4.06. The predicted octanol–water partition coefficient (Wildman–Crippen LogP) is 3.64. The number of nitrogens with zero attached hydrogens (tertiary/aromatic N) is 2. The average Bonchev–Trinajstić information content (AvgIpc) is 2.69. The molecule has 142 valence electrons. The van der Waals surface area contributed by atoms with Gasteiger partial charge in [-0.25, -0.2) is 4.68 Å². The Morgan fingerprint density at radius 2 is 1.54 bits per heavy atom. The fourth-order valence-electron chi connectivity index (χ4n) is 3.11. The van der Waals surface area contributed by atoms with Gasteiger partial charge in [0, 0.05) is 24.1 Å². The van der Waals surface area contributed by atoms with Crippen molar-refractivity contribution in [2.24, 2.45) is 0 Å². The second kappa shape index (κ2) is 8.43. The van der Waals surface area contributed by atoms with E-state index in [4.69, 9.17) is 5.11 Å². The second-order valence-corrected chi connectivity index (χ2v) is 6.41. The molecule has 3 aromatic rings. The van der Waals surface area contributed by atoms with Gasteiger partial charge in [0.2, 0.25) is 0 Å². The number of carbonyl (C=O) groups is 2. The molecule has 0 spiro atoms. The molecule has 1 heterocycles. The summed E-state index contributed by atoms with van der Waals surface area (Å²) in [6, 6.07) is 18.5. The van der Waals surface area contributed by atoms with Crippen molar-refractivity contribution in [2.75, 3.05) is 0 Å². The highest BCUT2D eigenvalue weighted by Crippen LogP contribution is 2.32. The summed E-state index contributed by atoms with van der Waals surface area (Å²) in [7, 11) is 0. The Morgan fingerprint density at radius 3 is 2.07 bits per heavy atom. The zero-order chi connectivity index (χ0) is 20.1. The number of aliphatic carboxylic acids is 1. The van der Waals surface area contributed by atoms with Gasteiger partial charge >= 0.3 is 5.97 Å². The molecule has 3 rings (SSSR count). The molecule has 0 unspecified atom stereocenters. The van der Waals surface area contributed by atoms with Crippen LogP contribution in [-0.2, 0) is 11.3 Å². The second-order valence-electron chi connectivity index (χ2n) is 6.41. The Bertz CT molecular complexity index is 1060. The Kier molecular flexibility index (Phi) is 5.79. The number of carboxylic acids is 1. The van der Waals surface area contributed by atoms with Crippen LogP contribution in [-0.4, -0.2) is 26.6 Å². The van der Waals surface area contributed by atoms with Gasteiger partial charge < -0.3 is 5.11 Å². The summed E-state index contributed by atoms with van der Waals surface area (Å²) in [6.45, 7) is 1.49. The van der Waals surface area contributed by atoms with Crippen LogP contribution < -0.4 is 5.56 Å². The Hall–Kier alpha value is -3.54. The number of rotatable bonds is 7. The monoisotopic (exact) mass is 376 g/mol. The molecule has 0 saturated heterocycles. The molecular formula is C22H20N2O4. The molecule has 0 amide bonds. The van der Waals surface area contributed by atoms with Crippen molar-refractivity contribution in [1.29, 1.82) is 0 Å². The molecule has 0 radical (unpaired) electrons.